The fourth-order valence-corrected chi connectivity index (χ4v) is 10.2. The second-order valence-corrected chi connectivity index (χ2v) is 25.0. The number of halogens is 1. The van der Waals surface area contributed by atoms with Crippen molar-refractivity contribution in [2.75, 3.05) is 318 Å². The molecule has 46 heteroatoms. The zero-order valence-electron chi connectivity index (χ0n) is 70.0. The van der Waals surface area contributed by atoms with Crippen molar-refractivity contribution in [3.8, 4) is 22.3 Å². The summed E-state index contributed by atoms with van der Waals surface area (Å²) in [7, 11) is 3.13. The number of hydrogen-bond acceptors (Lipinski definition) is 45. The van der Waals surface area contributed by atoms with Crippen LogP contribution in [0.1, 0.15) is 62.1 Å². The highest BCUT2D eigenvalue weighted by molar-refractivity contribution is 9.10. The molecule has 0 heterocycles. The number of aryl methyl sites for hydroxylation is 1. The highest BCUT2D eigenvalue weighted by Gasteiger charge is 2.43. The van der Waals surface area contributed by atoms with Gasteiger partial charge in [-0.2, -0.15) is 0 Å². The average Bonchev–Trinajstić information content (AvgIpc) is 1.56. The molecule has 122 heavy (non-hydrogen) atoms. The molecule has 706 valence electrons. The number of hydrogen-bond donors (Lipinski definition) is 0. The summed E-state index contributed by atoms with van der Waals surface area (Å²) in [6.07, 6.45) is 5.36. The van der Waals surface area contributed by atoms with Crippen LogP contribution in [0.5, 0.6) is 0 Å². The van der Waals surface area contributed by atoms with Crippen molar-refractivity contribution in [1.82, 2.24) is 0 Å². The van der Waals surface area contributed by atoms with Crippen LogP contribution in [0.2, 0.25) is 0 Å². The minimum Gasteiger partial charge on any atom is -0.382 e. The van der Waals surface area contributed by atoms with E-state index in [2.05, 4.69) is 76.6 Å². The van der Waals surface area contributed by atoms with Gasteiger partial charge in [0, 0.05) is 43.7 Å². The fraction of sp³-hybridized carbons (Fsp3) is 0.750. The molecule has 0 unspecified atom stereocenters. The average molecular weight is 1840 g/mol. The molecule has 0 amide bonds. The van der Waals surface area contributed by atoms with Crippen LogP contribution in [-0.2, 0) is 231 Å². The zero-order chi connectivity index (χ0) is 86.4. The first kappa shape index (κ1) is 110. The van der Waals surface area contributed by atoms with E-state index in [4.69, 9.17) is 214 Å². The molecule has 3 aromatic rings. The topological polar surface area (TPSA) is 423 Å². The minimum absolute atomic E-state index is 0.0889. The Kier molecular flexibility index (Phi) is 77.1. The molecule has 0 spiro atoms. The zero-order valence-corrected chi connectivity index (χ0v) is 71.6. The number of methoxy groups -OCH3 is 2. The first-order valence-electron chi connectivity index (χ1n) is 40.0. The molecule has 0 atom stereocenters. The molecule has 1 aliphatic carbocycles. The minimum atomic E-state index is -0.360. The van der Waals surface area contributed by atoms with Gasteiger partial charge in [0.25, 0.3) is 0 Å². The Morgan fingerprint density at radius 1 is 0.246 bits per heavy atom. The van der Waals surface area contributed by atoms with Crippen LogP contribution in [0.25, 0.3) is 22.3 Å². The third kappa shape index (κ3) is 63.1. The number of carbonyl (C=O) groups is 1. The van der Waals surface area contributed by atoms with Gasteiger partial charge in [-0.15, -0.1) is 0 Å². The van der Waals surface area contributed by atoms with Crippen molar-refractivity contribution in [2.45, 2.75) is 57.3 Å². The SMILES string of the molecule is COCCOOCCOOCCOOCCOOCCOOCCOOCCOOCCOOCCOOCCOOCCOCCCC1(CCCOCCOOCCOOCCOOCCOOCCOOCCOOCCOOCCOOCCOOCCOOCCOC)c2cc(Br)ccc2-c2ccc(-c3ccc(CCCC(C)=O)cc3)cc21. The van der Waals surface area contributed by atoms with Crippen molar-refractivity contribution in [3.63, 3.8) is 0 Å². The number of ether oxygens (including phenoxy) is 4. The Morgan fingerprint density at radius 2 is 0.459 bits per heavy atom. The van der Waals surface area contributed by atoms with Gasteiger partial charge in [0.15, 0.2) is 0 Å². The predicted molar refractivity (Wildman–Crippen MR) is 411 cm³/mol. The first-order chi connectivity index (χ1) is 60.5. The summed E-state index contributed by atoms with van der Waals surface area (Å²) in [4.78, 5) is 211. The highest BCUT2D eigenvalue weighted by Crippen LogP contribution is 2.55. The van der Waals surface area contributed by atoms with Crippen LogP contribution in [0.15, 0.2) is 65.1 Å². The van der Waals surface area contributed by atoms with Gasteiger partial charge in [-0.1, -0.05) is 58.4 Å². The number of Topliss-reactive ketones (excluding diaryl/α,β-unsaturated/α-hetero) is 1. The summed E-state index contributed by atoms with van der Waals surface area (Å²) in [5.74, 6) is 0.198. The Labute approximate surface area is 717 Å². The maximum atomic E-state index is 11.6. The van der Waals surface area contributed by atoms with E-state index in [-0.39, 0.29) is 262 Å². The van der Waals surface area contributed by atoms with Gasteiger partial charge in [0.1, 0.15) is 270 Å². The van der Waals surface area contributed by atoms with Gasteiger partial charge in [-0.25, -0.2) is 196 Å². The fourth-order valence-electron chi connectivity index (χ4n) is 9.87. The van der Waals surface area contributed by atoms with Gasteiger partial charge in [0.2, 0.25) is 0 Å². The number of benzene rings is 3. The molecule has 45 nitrogen and oxygen atoms in total. The molecule has 0 bridgehead atoms. The molecule has 1 aliphatic rings. The summed E-state index contributed by atoms with van der Waals surface area (Å²) in [5.41, 5.74) is 7.98. The molecule has 0 radical (unpaired) electrons. The van der Waals surface area contributed by atoms with Crippen LogP contribution >= 0.6 is 15.9 Å². The molecule has 0 aromatic heterocycles. The first-order valence-corrected chi connectivity index (χ1v) is 40.8. The lowest BCUT2D eigenvalue weighted by Crippen LogP contribution is -2.27. The van der Waals surface area contributed by atoms with E-state index in [0.29, 0.717) is 59.3 Å². The molecule has 0 fully saturated rings. The molecule has 0 saturated carbocycles. The summed E-state index contributed by atoms with van der Waals surface area (Å²) >= 11 is 3.79. The Morgan fingerprint density at radius 3 is 0.697 bits per heavy atom. The van der Waals surface area contributed by atoms with E-state index >= 15 is 0 Å². The molecule has 0 N–H and O–H groups in total. The standard InChI is InChI=1S/C76H125BrO45/c1-67(78)7-4-8-68-9-11-69(12-10-68)70-13-15-72-73-16-14-71(77)66-75(73)76(74(72)65-70,17-5-19-81-23-27-85-89-31-35-93-97-39-43-101-105-47-51-109-113-55-59-117-121-63-61-119-115-57-53-111-107-49-45-103-99-41-37-95-91-33-29-87-83-25-21-79-2)18-6-20-82-24-28-86-90-32-36-94-98-40-44-102-106-48-52-110-114-56-60-118-122-64-62-120-116-58-54-112-108-50-46-104-100-42-38-96-92-34-30-88-84-26-22-80-3/h9-16,65-66H,4-8,17-64H2,1-3H3. The van der Waals surface area contributed by atoms with Crippen LogP contribution < -0.4 is 0 Å². The van der Waals surface area contributed by atoms with E-state index in [1.165, 1.54) is 27.8 Å². The van der Waals surface area contributed by atoms with E-state index in [1.807, 2.05) is 0 Å². The Bertz CT molecular complexity index is 2650. The smallest absolute Gasteiger partial charge is 0.129 e. The van der Waals surface area contributed by atoms with E-state index in [9.17, 15) is 4.79 Å². The van der Waals surface area contributed by atoms with E-state index in [0.717, 1.165) is 54.1 Å². The molecule has 4 rings (SSSR count). The quantitative estimate of drug-likeness (QED) is 0.0307. The normalized spacial score (nSPS) is 12.4. The van der Waals surface area contributed by atoms with Gasteiger partial charge >= 0.3 is 0 Å². The maximum Gasteiger partial charge on any atom is 0.129 e. The number of ketones is 1. The summed E-state index contributed by atoms with van der Waals surface area (Å²) < 4.78 is 22.8. The maximum absolute atomic E-state index is 11.6. The van der Waals surface area contributed by atoms with Gasteiger partial charge in [-0.05, 0) is 103 Å². The third-order valence-electron chi connectivity index (χ3n) is 14.9. The predicted octanol–water partition coefficient (Wildman–Crippen LogP) is 7.14. The largest absolute Gasteiger partial charge is 0.382 e. The second kappa shape index (κ2) is 85.2. The van der Waals surface area contributed by atoms with E-state index in [1.54, 1.807) is 21.1 Å². The Balaban J connectivity index is 0.932. The van der Waals surface area contributed by atoms with Gasteiger partial charge < -0.3 is 23.7 Å². The lowest BCUT2D eigenvalue weighted by Gasteiger charge is -2.33. The monoisotopic (exact) mass is 1840 g/mol. The lowest BCUT2D eigenvalue weighted by molar-refractivity contribution is -0.379. The van der Waals surface area contributed by atoms with Crippen molar-refractivity contribution in [2.24, 2.45) is 0 Å². The molecule has 0 aliphatic heterocycles. The lowest BCUT2D eigenvalue weighted by atomic mass is 9.71. The molecular weight excluding hydrogens is 1710 g/mol. The summed E-state index contributed by atoms with van der Waals surface area (Å²) in [6, 6.07) is 21.9. The molecular formula is C76H125BrO45. The van der Waals surface area contributed by atoms with Crippen LogP contribution in [0, 0.1) is 0 Å². The Hall–Kier alpha value is -3.95. The van der Waals surface area contributed by atoms with Crippen molar-refractivity contribution < 1.29 is 219 Å². The molecule has 0 saturated heterocycles. The van der Waals surface area contributed by atoms with Crippen molar-refractivity contribution in [3.05, 3.63) is 81.8 Å². The number of fused-ring (bicyclic) bond motifs is 3. The molecule has 3 aromatic carbocycles. The number of rotatable bonds is 99. The second-order valence-electron chi connectivity index (χ2n) is 24.1. The third-order valence-corrected chi connectivity index (χ3v) is 15.4. The highest BCUT2D eigenvalue weighted by atomic mass is 79.9. The van der Waals surface area contributed by atoms with Crippen LogP contribution in [-0.4, -0.2) is 324 Å². The van der Waals surface area contributed by atoms with Gasteiger partial charge in [0.05, 0.1) is 26.4 Å². The van der Waals surface area contributed by atoms with E-state index < -0.39 is 0 Å². The van der Waals surface area contributed by atoms with Crippen LogP contribution in [0.3, 0.4) is 0 Å². The summed E-state index contributed by atoms with van der Waals surface area (Å²) in [5, 5.41) is 0. The van der Waals surface area contributed by atoms with Gasteiger partial charge in [-0.3, -0.25) is 0 Å². The summed E-state index contributed by atoms with van der Waals surface area (Å²) in [6.45, 7) is 9.28. The van der Waals surface area contributed by atoms with Crippen molar-refractivity contribution >= 4 is 21.7 Å². The number of carbonyl (C=O) groups excluding carboxylic acids is 1. The van der Waals surface area contributed by atoms with Crippen molar-refractivity contribution in [1.29, 1.82) is 0 Å². The van der Waals surface area contributed by atoms with Crippen LogP contribution in [0.4, 0.5) is 0 Å².